The summed E-state index contributed by atoms with van der Waals surface area (Å²) < 4.78 is 44.3. The lowest BCUT2D eigenvalue weighted by Crippen LogP contribution is -2.58. The fourth-order valence-corrected chi connectivity index (χ4v) is 8.53. The standard InChI is InChI=1S/C38H53ClN4O7S/c1-7-9-26-18-29(39)12-15-32(26)28-21-42(20-27-11-14-33(27)35(48-6)10-8-17-50-38(2,3)4)34-19-31(13-16-36(34)49-24-28)51(46,40-25-44)41-37(45)43-22-30(23-43)47-5/h8,10,12-13,15-16,18-19,25,27-28,30,33,35H,7,9,11,14,17,20-24H2,1-6H3,(H,40,41,44,45,46)/b10-8+/t27-,28?,33?,35?,51?/m0/s1. The number of aryl methyl sites for hydroxylation is 1. The van der Waals surface area contributed by atoms with E-state index in [1.807, 2.05) is 39.0 Å². The van der Waals surface area contributed by atoms with Gasteiger partial charge in [-0.3, -0.25) is 4.79 Å². The number of rotatable bonds is 14. The van der Waals surface area contributed by atoms with E-state index in [0.717, 1.165) is 31.4 Å². The Hall–Kier alpha value is -3.16. The van der Waals surface area contributed by atoms with Crippen LogP contribution >= 0.6 is 11.6 Å². The van der Waals surface area contributed by atoms with E-state index in [4.69, 9.17) is 30.5 Å². The van der Waals surface area contributed by atoms with Crippen molar-refractivity contribution in [3.8, 4) is 5.75 Å². The molecule has 11 nitrogen and oxygen atoms in total. The Balaban J connectivity index is 1.46. The molecule has 1 N–H and O–H groups in total. The molecule has 5 atom stereocenters. The Labute approximate surface area is 308 Å². The molecule has 0 aromatic heterocycles. The number of halogens is 1. The number of nitrogens with zero attached hydrogens (tertiary/aromatic N) is 3. The summed E-state index contributed by atoms with van der Waals surface area (Å²) in [5.74, 6) is 1.26. The molecule has 280 valence electrons. The highest BCUT2D eigenvalue weighted by molar-refractivity contribution is 7.92. The zero-order valence-electron chi connectivity index (χ0n) is 30.6. The number of fused-ring (bicyclic) bond motifs is 1. The summed E-state index contributed by atoms with van der Waals surface area (Å²) in [7, 11) is -0.320. The van der Waals surface area contributed by atoms with Crippen molar-refractivity contribution in [2.24, 2.45) is 16.2 Å². The highest BCUT2D eigenvalue weighted by Gasteiger charge is 2.39. The summed E-state index contributed by atoms with van der Waals surface area (Å²) in [4.78, 5) is 28.8. The Morgan fingerprint density at radius 1 is 1.16 bits per heavy atom. The molecule has 0 spiro atoms. The largest absolute Gasteiger partial charge is 0.491 e. The first-order valence-electron chi connectivity index (χ1n) is 17.8. The second-order valence-electron chi connectivity index (χ2n) is 14.6. The number of hydrogen-bond donors (Lipinski definition) is 1. The lowest BCUT2D eigenvalue weighted by Gasteiger charge is -2.43. The van der Waals surface area contributed by atoms with Gasteiger partial charge < -0.3 is 28.7 Å². The Kier molecular flexibility index (Phi) is 13.1. The number of benzene rings is 2. The third-order valence-electron chi connectivity index (χ3n) is 9.98. The van der Waals surface area contributed by atoms with Crippen LogP contribution in [0, 0.1) is 11.8 Å². The van der Waals surface area contributed by atoms with Gasteiger partial charge in [-0.25, -0.2) is 13.7 Å². The van der Waals surface area contributed by atoms with E-state index >= 15 is 0 Å². The van der Waals surface area contributed by atoms with Crippen LogP contribution in [0.15, 0.2) is 57.8 Å². The van der Waals surface area contributed by atoms with Crippen molar-refractivity contribution in [1.29, 1.82) is 0 Å². The minimum absolute atomic E-state index is 0.0229. The third kappa shape index (κ3) is 9.64. The lowest BCUT2D eigenvalue weighted by molar-refractivity contribution is -0.106. The summed E-state index contributed by atoms with van der Waals surface area (Å²) in [6.07, 6.45) is 8.17. The number of urea groups is 1. The highest BCUT2D eigenvalue weighted by Crippen LogP contribution is 2.43. The molecule has 3 amide bonds. The maximum absolute atomic E-state index is 14.3. The quantitative estimate of drug-likeness (QED) is 0.169. The van der Waals surface area contributed by atoms with Crippen LogP contribution in [0.4, 0.5) is 10.5 Å². The number of carbonyl (C=O) groups excluding carboxylic acids is 2. The zero-order chi connectivity index (χ0) is 36.8. The van der Waals surface area contributed by atoms with Crippen LogP contribution in [0.1, 0.15) is 64.0 Å². The first-order chi connectivity index (χ1) is 24.4. The number of anilines is 1. The van der Waals surface area contributed by atoms with E-state index in [0.29, 0.717) is 62.0 Å². The molecule has 2 aromatic rings. The topological polar surface area (TPSA) is 119 Å². The molecule has 0 radical (unpaired) electrons. The summed E-state index contributed by atoms with van der Waals surface area (Å²) in [6, 6.07) is 10.6. The number of ether oxygens (including phenoxy) is 4. The second-order valence-corrected chi connectivity index (χ2v) is 17.0. The van der Waals surface area contributed by atoms with Gasteiger partial charge in [0, 0.05) is 38.2 Å². The molecule has 2 aliphatic heterocycles. The molecule has 51 heavy (non-hydrogen) atoms. The van der Waals surface area contributed by atoms with Crippen LogP contribution in [0.25, 0.3) is 0 Å². The van der Waals surface area contributed by atoms with Gasteiger partial charge in [0.2, 0.25) is 6.41 Å². The van der Waals surface area contributed by atoms with Gasteiger partial charge in [0.1, 0.15) is 5.75 Å². The molecule has 1 aliphatic carbocycles. The van der Waals surface area contributed by atoms with E-state index in [2.05, 4.69) is 33.1 Å². The van der Waals surface area contributed by atoms with Gasteiger partial charge in [-0.15, -0.1) is 4.36 Å². The number of nitrogens with one attached hydrogen (secondary N) is 1. The molecule has 2 aromatic carbocycles. The van der Waals surface area contributed by atoms with Gasteiger partial charge in [-0.1, -0.05) is 43.2 Å². The average molecular weight is 745 g/mol. The van der Waals surface area contributed by atoms with Gasteiger partial charge in [0.15, 0.2) is 9.92 Å². The average Bonchev–Trinajstić information content (AvgIpc) is 3.22. The van der Waals surface area contributed by atoms with Crippen LogP contribution in [0.2, 0.25) is 5.02 Å². The molecule has 13 heteroatoms. The lowest BCUT2D eigenvalue weighted by atomic mass is 9.70. The molecular weight excluding hydrogens is 692 g/mol. The predicted molar refractivity (Wildman–Crippen MR) is 200 cm³/mol. The number of carbonyl (C=O) groups is 2. The highest BCUT2D eigenvalue weighted by atomic mass is 35.5. The Morgan fingerprint density at radius 3 is 2.59 bits per heavy atom. The van der Waals surface area contributed by atoms with Crippen LogP contribution in [0.5, 0.6) is 5.75 Å². The molecule has 1 saturated carbocycles. The van der Waals surface area contributed by atoms with Crippen molar-refractivity contribution in [2.75, 3.05) is 58.5 Å². The number of likely N-dealkylation sites (tertiary alicyclic amines) is 1. The number of hydrogen-bond acceptors (Lipinski definition) is 8. The minimum atomic E-state index is -3.65. The molecule has 4 unspecified atom stereocenters. The summed E-state index contributed by atoms with van der Waals surface area (Å²) in [5, 5.41) is 0.706. The molecular formula is C38H53ClN4O7S. The maximum atomic E-state index is 14.3. The first-order valence-corrected chi connectivity index (χ1v) is 19.7. The Bertz CT molecular complexity index is 1680. The van der Waals surface area contributed by atoms with Crippen LogP contribution in [-0.4, -0.2) is 93.0 Å². The van der Waals surface area contributed by atoms with E-state index in [1.165, 1.54) is 16.0 Å². The second kappa shape index (κ2) is 17.1. The smallest absolute Gasteiger partial charge is 0.330 e. The van der Waals surface area contributed by atoms with Crippen molar-refractivity contribution in [3.63, 3.8) is 0 Å². The molecule has 3 aliphatic rings. The Morgan fingerprint density at radius 2 is 1.94 bits per heavy atom. The first kappa shape index (κ1) is 39.1. The summed E-state index contributed by atoms with van der Waals surface area (Å²) >= 11 is 6.45. The van der Waals surface area contributed by atoms with Crippen molar-refractivity contribution in [2.45, 2.75) is 82.0 Å². The summed E-state index contributed by atoms with van der Waals surface area (Å²) in [6.45, 7) is 11.3. The number of methoxy groups -OCH3 is 2. The van der Waals surface area contributed by atoms with E-state index in [9.17, 15) is 13.8 Å². The fraction of sp³-hybridized carbons (Fsp3) is 0.579. The molecule has 0 bridgehead atoms. The van der Waals surface area contributed by atoms with Gasteiger partial charge >= 0.3 is 6.03 Å². The van der Waals surface area contributed by atoms with Crippen LogP contribution < -0.4 is 14.4 Å². The minimum Gasteiger partial charge on any atom is -0.491 e. The maximum Gasteiger partial charge on any atom is 0.330 e. The van der Waals surface area contributed by atoms with Gasteiger partial charge in [0.05, 0.1) is 54.7 Å². The third-order valence-corrected chi connectivity index (χ3v) is 11.9. The van der Waals surface area contributed by atoms with Gasteiger partial charge in [-0.2, -0.15) is 0 Å². The zero-order valence-corrected chi connectivity index (χ0v) is 32.2. The predicted octanol–water partition coefficient (Wildman–Crippen LogP) is 6.63. The monoisotopic (exact) mass is 744 g/mol. The summed E-state index contributed by atoms with van der Waals surface area (Å²) in [5.41, 5.74) is 2.90. The van der Waals surface area contributed by atoms with Crippen molar-refractivity contribution < 1.29 is 32.7 Å². The normalized spacial score (nSPS) is 22.5. The number of amides is 3. The van der Waals surface area contributed by atoms with Gasteiger partial charge in [0.25, 0.3) is 0 Å². The molecule has 5 rings (SSSR count). The SMILES string of the molecule is CCCc1cc(Cl)ccc1C1COc2ccc(S(=O)(=NC=O)NC(=O)N3CC(OC)C3)cc2N(C[C@@H]2CCC2C(/C=C/COC(C)(C)C)OC)C1. The van der Waals surface area contributed by atoms with Crippen LogP contribution in [-0.2, 0) is 35.3 Å². The van der Waals surface area contributed by atoms with Crippen molar-refractivity contribution >= 4 is 39.6 Å². The fourth-order valence-electron chi connectivity index (χ4n) is 7.03. The van der Waals surface area contributed by atoms with E-state index in [-0.39, 0.29) is 35.0 Å². The van der Waals surface area contributed by atoms with E-state index in [1.54, 1.807) is 32.4 Å². The molecule has 2 fully saturated rings. The van der Waals surface area contributed by atoms with E-state index < -0.39 is 15.9 Å². The van der Waals surface area contributed by atoms with Crippen molar-refractivity contribution in [3.05, 3.63) is 64.7 Å². The molecule has 1 saturated heterocycles. The van der Waals surface area contributed by atoms with Gasteiger partial charge in [-0.05, 0) is 93.3 Å². The van der Waals surface area contributed by atoms with Crippen LogP contribution in [0.3, 0.4) is 0 Å². The van der Waals surface area contributed by atoms with Crippen molar-refractivity contribution in [1.82, 2.24) is 9.62 Å². The molecule has 2 heterocycles.